The van der Waals surface area contributed by atoms with Gasteiger partial charge in [-0.25, -0.2) is 0 Å². The first-order chi connectivity index (χ1) is 15.4. The lowest BCUT2D eigenvalue weighted by molar-refractivity contribution is -0.120. The summed E-state index contributed by atoms with van der Waals surface area (Å²) in [6.45, 7) is 4.84. The highest BCUT2D eigenvalue weighted by Crippen LogP contribution is 2.27. The van der Waals surface area contributed by atoms with E-state index in [0.29, 0.717) is 28.7 Å². The minimum Gasteiger partial charge on any atom is -0.351 e. The zero-order valence-electron chi connectivity index (χ0n) is 18.0. The van der Waals surface area contributed by atoms with Crippen molar-refractivity contribution in [1.82, 2.24) is 10.2 Å². The number of hydrogen-bond acceptors (Lipinski definition) is 5. The van der Waals surface area contributed by atoms with E-state index in [9.17, 15) is 14.4 Å². The first-order valence-electron chi connectivity index (χ1n) is 10.9. The summed E-state index contributed by atoms with van der Waals surface area (Å²) in [7, 11) is 0. The minimum absolute atomic E-state index is 0.0141. The second-order valence-electron chi connectivity index (χ2n) is 8.34. The van der Waals surface area contributed by atoms with E-state index in [4.69, 9.17) is 11.6 Å². The molecule has 0 saturated carbocycles. The average Bonchev–Trinajstić information content (AvgIpc) is 3.53. The third-order valence-corrected chi connectivity index (χ3v) is 7.30. The molecule has 32 heavy (non-hydrogen) atoms. The summed E-state index contributed by atoms with van der Waals surface area (Å²) >= 11 is 7.12. The Morgan fingerprint density at radius 3 is 2.53 bits per heavy atom. The van der Waals surface area contributed by atoms with Crippen molar-refractivity contribution in [3.05, 3.63) is 45.6 Å². The van der Waals surface area contributed by atoms with Gasteiger partial charge in [-0.2, -0.15) is 0 Å². The average molecular weight is 475 g/mol. The molecule has 2 aliphatic rings. The summed E-state index contributed by atoms with van der Waals surface area (Å²) in [4.78, 5) is 41.7. The predicted octanol–water partition coefficient (Wildman–Crippen LogP) is 3.61. The molecule has 3 amide bonds. The van der Waals surface area contributed by atoms with Crippen LogP contribution in [0, 0.1) is 5.92 Å². The highest BCUT2D eigenvalue weighted by molar-refractivity contribution is 7.18. The standard InChI is InChI=1S/C23H27ClN4O3S/c1-15(27-10-2-3-11-27)22(30)26-17-4-6-18(7-5-17)28-14-16(12-21(28)29)13-25-23(31)19-8-9-20(24)32-19/h4-9,15-16H,2-3,10-14H2,1H3,(H,25,31)(H,26,30). The van der Waals surface area contributed by atoms with Crippen LogP contribution in [0.1, 0.15) is 35.9 Å². The van der Waals surface area contributed by atoms with Crippen molar-refractivity contribution < 1.29 is 14.4 Å². The van der Waals surface area contributed by atoms with E-state index in [-0.39, 0.29) is 29.7 Å². The Hall–Kier alpha value is -2.42. The minimum atomic E-state index is -0.170. The fourth-order valence-corrected chi connectivity index (χ4v) is 5.15. The van der Waals surface area contributed by atoms with Crippen LogP contribution in [0.4, 0.5) is 11.4 Å². The maximum Gasteiger partial charge on any atom is 0.261 e. The smallest absolute Gasteiger partial charge is 0.261 e. The van der Waals surface area contributed by atoms with Crippen molar-refractivity contribution >= 4 is 52.0 Å². The Kier molecular flexibility index (Phi) is 7.13. The lowest BCUT2D eigenvalue weighted by atomic mass is 10.1. The molecule has 4 rings (SSSR count). The number of rotatable bonds is 7. The van der Waals surface area contributed by atoms with Gasteiger partial charge in [-0.05, 0) is 69.3 Å². The van der Waals surface area contributed by atoms with Crippen LogP contribution in [-0.4, -0.2) is 54.8 Å². The summed E-state index contributed by atoms with van der Waals surface area (Å²) in [6.07, 6.45) is 2.67. The van der Waals surface area contributed by atoms with Crippen LogP contribution in [0.2, 0.25) is 4.34 Å². The number of hydrogen-bond donors (Lipinski definition) is 2. The summed E-state index contributed by atoms with van der Waals surface area (Å²) in [5.74, 6) is -0.110. The van der Waals surface area contributed by atoms with Gasteiger partial charge in [-0.3, -0.25) is 19.3 Å². The third kappa shape index (κ3) is 5.31. The molecule has 0 spiro atoms. The quantitative estimate of drug-likeness (QED) is 0.642. The SMILES string of the molecule is CC(C(=O)Nc1ccc(N2CC(CNC(=O)c3ccc(Cl)s3)CC2=O)cc1)N1CCCC1. The number of carbonyl (C=O) groups is 3. The van der Waals surface area contributed by atoms with Gasteiger partial charge in [0.05, 0.1) is 15.3 Å². The number of amides is 3. The van der Waals surface area contributed by atoms with Crippen molar-refractivity contribution in [1.29, 1.82) is 0 Å². The number of benzene rings is 1. The lowest BCUT2D eigenvalue weighted by Gasteiger charge is -2.23. The van der Waals surface area contributed by atoms with Gasteiger partial charge < -0.3 is 15.5 Å². The zero-order valence-corrected chi connectivity index (χ0v) is 19.5. The van der Waals surface area contributed by atoms with Crippen molar-refractivity contribution in [2.24, 2.45) is 5.92 Å². The molecule has 2 aromatic rings. The second-order valence-corrected chi connectivity index (χ2v) is 10.1. The van der Waals surface area contributed by atoms with Crippen molar-refractivity contribution in [3.63, 3.8) is 0 Å². The number of carbonyl (C=O) groups excluding carboxylic acids is 3. The van der Waals surface area contributed by atoms with Crippen molar-refractivity contribution in [3.8, 4) is 0 Å². The van der Waals surface area contributed by atoms with Crippen molar-refractivity contribution in [2.45, 2.75) is 32.2 Å². The van der Waals surface area contributed by atoms with Gasteiger partial charge in [0.15, 0.2) is 0 Å². The molecular formula is C23H27ClN4O3S. The Balaban J connectivity index is 1.29. The highest BCUT2D eigenvalue weighted by Gasteiger charge is 2.31. The number of nitrogens with zero attached hydrogens (tertiary/aromatic N) is 2. The van der Waals surface area contributed by atoms with Crippen LogP contribution in [0.5, 0.6) is 0 Å². The Labute approximate surface area is 196 Å². The van der Waals surface area contributed by atoms with E-state index in [0.717, 1.165) is 37.3 Å². The fourth-order valence-electron chi connectivity index (χ4n) is 4.19. The van der Waals surface area contributed by atoms with E-state index >= 15 is 0 Å². The normalized spacial score (nSPS) is 19.9. The molecule has 0 radical (unpaired) electrons. The second kappa shape index (κ2) is 10.0. The largest absolute Gasteiger partial charge is 0.351 e. The number of thiophene rings is 1. The summed E-state index contributed by atoms with van der Waals surface area (Å²) in [5, 5.41) is 5.86. The van der Waals surface area contributed by atoms with Gasteiger partial charge >= 0.3 is 0 Å². The van der Waals surface area contributed by atoms with Crippen LogP contribution in [0.3, 0.4) is 0 Å². The molecule has 1 aromatic heterocycles. The van der Waals surface area contributed by atoms with Crippen molar-refractivity contribution in [2.75, 3.05) is 36.4 Å². The molecule has 0 aliphatic carbocycles. The summed E-state index contributed by atoms with van der Waals surface area (Å²) < 4.78 is 0.572. The van der Waals surface area contributed by atoms with Crippen LogP contribution < -0.4 is 15.5 Å². The lowest BCUT2D eigenvalue weighted by Crippen LogP contribution is -2.40. The van der Waals surface area contributed by atoms with E-state index in [1.165, 1.54) is 11.3 Å². The number of likely N-dealkylation sites (tertiary alicyclic amines) is 1. The van der Waals surface area contributed by atoms with Gasteiger partial charge in [-0.1, -0.05) is 11.6 Å². The van der Waals surface area contributed by atoms with Crippen LogP contribution in [-0.2, 0) is 9.59 Å². The van der Waals surface area contributed by atoms with E-state index in [1.54, 1.807) is 17.0 Å². The molecule has 2 atom stereocenters. The maximum atomic E-state index is 12.5. The van der Waals surface area contributed by atoms with Crippen LogP contribution in [0.15, 0.2) is 36.4 Å². The first-order valence-corrected chi connectivity index (χ1v) is 12.1. The number of anilines is 2. The predicted molar refractivity (Wildman–Crippen MR) is 127 cm³/mol. The molecular weight excluding hydrogens is 448 g/mol. The zero-order chi connectivity index (χ0) is 22.7. The summed E-state index contributed by atoms with van der Waals surface area (Å²) in [6, 6.07) is 10.6. The fraction of sp³-hybridized carbons (Fsp3) is 0.435. The molecule has 1 aromatic carbocycles. The highest BCUT2D eigenvalue weighted by atomic mass is 35.5. The van der Waals surface area contributed by atoms with Gasteiger partial charge in [-0.15, -0.1) is 11.3 Å². The third-order valence-electron chi connectivity index (χ3n) is 6.07. The van der Waals surface area contributed by atoms with E-state index in [1.807, 2.05) is 31.2 Å². The van der Waals surface area contributed by atoms with Gasteiger partial charge in [0, 0.05) is 36.8 Å². The molecule has 2 aliphatic heterocycles. The van der Waals surface area contributed by atoms with Gasteiger partial charge in [0.25, 0.3) is 5.91 Å². The molecule has 170 valence electrons. The van der Waals surface area contributed by atoms with Crippen LogP contribution >= 0.6 is 22.9 Å². The Morgan fingerprint density at radius 2 is 1.88 bits per heavy atom. The van der Waals surface area contributed by atoms with Crippen LogP contribution in [0.25, 0.3) is 0 Å². The molecule has 9 heteroatoms. The molecule has 2 saturated heterocycles. The summed E-state index contributed by atoms with van der Waals surface area (Å²) in [5.41, 5.74) is 1.51. The molecule has 2 unspecified atom stereocenters. The number of nitrogens with one attached hydrogen (secondary N) is 2. The number of halogens is 1. The monoisotopic (exact) mass is 474 g/mol. The molecule has 0 bridgehead atoms. The first kappa shape index (κ1) is 22.8. The molecule has 2 N–H and O–H groups in total. The Morgan fingerprint density at radius 1 is 1.16 bits per heavy atom. The van der Waals surface area contributed by atoms with Gasteiger partial charge in [0.1, 0.15) is 0 Å². The topological polar surface area (TPSA) is 81.8 Å². The molecule has 3 heterocycles. The molecule has 2 fully saturated rings. The maximum absolute atomic E-state index is 12.5. The van der Waals surface area contributed by atoms with E-state index in [2.05, 4.69) is 15.5 Å². The Bertz CT molecular complexity index is 987. The van der Waals surface area contributed by atoms with E-state index < -0.39 is 0 Å². The molecule has 7 nitrogen and oxygen atoms in total. The van der Waals surface area contributed by atoms with Gasteiger partial charge in [0.2, 0.25) is 11.8 Å².